The molecule has 0 spiro atoms. The first-order valence-corrected chi connectivity index (χ1v) is 11.8. The van der Waals surface area contributed by atoms with Crippen LogP contribution in [0.25, 0.3) is 0 Å². The van der Waals surface area contributed by atoms with E-state index < -0.39 is 23.0 Å². The lowest BCUT2D eigenvalue weighted by molar-refractivity contribution is -0.207. The Balaban J connectivity index is 1.78. The van der Waals surface area contributed by atoms with Gasteiger partial charge < -0.3 is 19.7 Å². The Kier molecular flexibility index (Phi) is 3.86. The number of aliphatic hydroxyl groups is 2. The quantitative estimate of drug-likeness (QED) is 0.292. The smallest absolute Gasteiger partial charge is 0.313 e. The van der Waals surface area contributed by atoms with Gasteiger partial charge in [-0.1, -0.05) is 45.2 Å². The minimum Gasteiger partial charge on any atom is -0.466 e. The molecule has 0 heterocycles. The molecule has 6 nitrogen and oxygen atoms in total. The van der Waals surface area contributed by atoms with E-state index in [1.807, 2.05) is 0 Å². The van der Waals surface area contributed by atoms with Crippen LogP contribution in [0.5, 0.6) is 0 Å². The summed E-state index contributed by atoms with van der Waals surface area (Å²) >= 11 is 4.47. The van der Waals surface area contributed by atoms with Gasteiger partial charge in [-0.2, -0.15) is 0 Å². The standard InChI is InChI=1S/C18H22I2O6/c1-3-25-15(23)17-7-5-6-8(12(20)13(21)9(6)17)18(17,16(24)26-4-2)10(5)14(22)11(7)19/h5-14,21-22H,3-4H2,1-2H3/t5-,6-,7-,8+,9-,10-,11+,12+,13-,14-,17-,18+/m1/s1. The van der Waals surface area contributed by atoms with Crippen molar-refractivity contribution in [2.45, 2.75) is 33.9 Å². The highest BCUT2D eigenvalue weighted by atomic mass is 127. The largest absolute Gasteiger partial charge is 0.466 e. The molecule has 6 fully saturated rings. The van der Waals surface area contributed by atoms with Gasteiger partial charge in [-0.15, -0.1) is 0 Å². The highest BCUT2D eigenvalue weighted by Crippen LogP contribution is 2.93. The van der Waals surface area contributed by atoms with E-state index in [-0.39, 0.29) is 68.5 Å². The number of halogens is 2. The number of hydrogen-bond acceptors (Lipinski definition) is 6. The molecule has 6 aliphatic rings. The van der Waals surface area contributed by atoms with Gasteiger partial charge in [0.05, 0.1) is 36.3 Å². The van der Waals surface area contributed by atoms with Crippen molar-refractivity contribution < 1.29 is 29.3 Å². The first-order valence-electron chi connectivity index (χ1n) is 9.33. The second-order valence-electron chi connectivity index (χ2n) is 8.31. The van der Waals surface area contributed by atoms with E-state index in [2.05, 4.69) is 45.2 Å². The van der Waals surface area contributed by atoms with E-state index in [9.17, 15) is 19.8 Å². The van der Waals surface area contributed by atoms with Crippen LogP contribution in [-0.2, 0) is 19.1 Å². The van der Waals surface area contributed by atoms with E-state index in [4.69, 9.17) is 9.47 Å². The highest BCUT2D eigenvalue weighted by Gasteiger charge is 3.00. The number of esters is 2. The second kappa shape index (κ2) is 5.47. The highest BCUT2D eigenvalue weighted by molar-refractivity contribution is 14.1. The Morgan fingerprint density at radius 2 is 1.15 bits per heavy atom. The fraction of sp³-hybridized carbons (Fsp3) is 0.889. The minimum absolute atomic E-state index is 0.0881. The SMILES string of the molecule is CCOC(=O)[C@]12[C@@H]3[C@H](I)[C@H](O)[C@H]4[C@@H]3[C@H]3[C@@H]1[C@@H](O)[C@@H](I)[C@@H]3[C@]42C(=O)OCC. The van der Waals surface area contributed by atoms with Crippen molar-refractivity contribution in [2.24, 2.45) is 46.3 Å². The molecular weight excluding hydrogens is 566 g/mol. The van der Waals surface area contributed by atoms with E-state index >= 15 is 0 Å². The maximum Gasteiger partial charge on any atom is 0.313 e. The molecule has 0 aromatic heterocycles. The van der Waals surface area contributed by atoms with Gasteiger partial charge in [0.1, 0.15) is 0 Å². The average molecular weight is 588 g/mol. The lowest BCUT2D eigenvalue weighted by atomic mass is 9.49. The third-order valence-corrected chi connectivity index (χ3v) is 11.2. The van der Waals surface area contributed by atoms with Gasteiger partial charge in [0.2, 0.25) is 0 Å². The number of alkyl halides is 2. The maximum absolute atomic E-state index is 13.4. The third-order valence-electron chi connectivity index (χ3n) is 8.19. The number of hydrogen-bond donors (Lipinski definition) is 2. The van der Waals surface area contributed by atoms with Crippen molar-refractivity contribution in [3.63, 3.8) is 0 Å². The molecule has 12 atom stereocenters. The zero-order valence-electron chi connectivity index (χ0n) is 14.5. The van der Waals surface area contributed by atoms with Crippen LogP contribution in [0, 0.1) is 46.3 Å². The van der Waals surface area contributed by atoms with E-state index in [0.29, 0.717) is 0 Å². The van der Waals surface area contributed by atoms with Gasteiger partial charge in [-0.05, 0) is 37.5 Å². The molecule has 6 aliphatic carbocycles. The van der Waals surface area contributed by atoms with E-state index in [0.717, 1.165) is 0 Å². The molecule has 0 amide bonds. The van der Waals surface area contributed by atoms with E-state index in [1.165, 1.54) is 0 Å². The molecule has 0 radical (unpaired) electrons. The molecule has 8 heteroatoms. The fourth-order valence-corrected chi connectivity index (χ4v) is 11.3. The van der Waals surface area contributed by atoms with Crippen LogP contribution in [0.15, 0.2) is 0 Å². The number of ether oxygens (including phenoxy) is 2. The van der Waals surface area contributed by atoms with Crippen LogP contribution in [0.4, 0.5) is 0 Å². The monoisotopic (exact) mass is 588 g/mol. The molecule has 0 saturated heterocycles. The topological polar surface area (TPSA) is 93.1 Å². The summed E-state index contributed by atoms with van der Waals surface area (Å²) in [5.41, 5.74) is -2.10. The molecule has 6 rings (SSSR count). The molecule has 0 aromatic rings. The molecule has 6 saturated carbocycles. The zero-order valence-corrected chi connectivity index (χ0v) is 18.8. The first-order chi connectivity index (χ1) is 12.3. The average Bonchev–Trinajstić information content (AvgIpc) is 3.34. The molecular formula is C18H22I2O6. The minimum atomic E-state index is -1.05. The van der Waals surface area contributed by atoms with Crippen LogP contribution in [0.3, 0.4) is 0 Å². The third kappa shape index (κ3) is 1.46. The summed E-state index contributed by atoms with van der Waals surface area (Å²) in [6.45, 7) is 4.01. The van der Waals surface area contributed by atoms with Gasteiger partial charge in [0, 0.05) is 19.7 Å². The summed E-state index contributed by atoms with van der Waals surface area (Å²) in [6, 6.07) is 0. The van der Waals surface area contributed by atoms with Crippen molar-refractivity contribution in [1.29, 1.82) is 0 Å². The Bertz CT molecular complexity index is 607. The van der Waals surface area contributed by atoms with Crippen molar-refractivity contribution in [2.75, 3.05) is 13.2 Å². The number of carbonyl (C=O) groups excluding carboxylic acids is 2. The molecule has 26 heavy (non-hydrogen) atoms. The number of rotatable bonds is 4. The predicted molar refractivity (Wildman–Crippen MR) is 107 cm³/mol. The maximum atomic E-state index is 13.4. The van der Waals surface area contributed by atoms with Crippen LogP contribution >= 0.6 is 45.2 Å². The zero-order chi connectivity index (χ0) is 18.8. The van der Waals surface area contributed by atoms with Crippen LogP contribution in [0.2, 0.25) is 0 Å². The summed E-state index contributed by atoms with van der Waals surface area (Å²) in [7, 11) is 0. The Morgan fingerprint density at radius 1 is 0.808 bits per heavy atom. The Hall–Kier alpha value is 0.320. The molecule has 0 aromatic carbocycles. The van der Waals surface area contributed by atoms with Crippen LogP contribution in [0.1, 0.15) is 13.8 Å². The number of aliphatic hydroxyl groups excluding tert-OH is 2. The summed E-state index contributed by atoms with van der Waals surface area (Å²) in [4.78, 5) is 26.9. The van der Waals surface area contributed by atoms with Gasteiger partial charge >= 0.3 is 11.9 Å². The van der Waals surface area contributed by atoms with Gasteiger partial charge in [-0.25, -0.2) is 0 Å². The predicted octanol–water partition coefficient (Wildman–Crippen LogP) is 1.18. The van der Waals surface area contributed by atoms with E-state index in [1.54, 1.807) is 13.8 Å². The van der Waals surface area contributed by atoms with Crippen molar-refractivity contribution in [1.82, 2.24) is 0 Å². The molecule has 8 bridgehead atoms. The second-order valence-corrected chi connectivity index (χ2v) is 11.2. The van der Waals surface area contributed by atoms with Crippen molar-refractivity contribution >= 4 is 57.1 Å². The van der Waals surface area contributed by atoms with Crippen molar-refractivity contribution in [3.8, 4) is 0 Å². The normalized spacial score (nSPS) is 60.1. The lowest BCUT2D eigenvalue weighted by Crippen LogP contribution is -2.68. The van der Waals surface area contributed by atoms with Crippen molar-refractivity contribution in [3.05, 3.63) is 0 Å². The van der Waals surface area contributed by atoms with Gasteiger partial charge in [0.25, 0.3) is 0 Å². The Labute approximate surface area is 179 Å². The summed E-state index contributed by atoms with van der Waals surface area (Å²) in [5.74, 6) is -1.35. The molecule has 2 N–H and O–H groups in total. The van der Waals surface area contributed by atoms with Gasteiger partial charge in [-0.3, -0.25) is 9.59 Å². The van der Waals surface area contributed by atoms with Crippen LogP contribution in [-0.4, -0.2) is 55.4 Å². The summed E-state index contributed by atoms with van der Waals surface area (Å²) in [6.07, 6.45) is -1.24. The van der Waals surface area contributed by atoms with Crippen LogP contribution < -0.4 is 0 Å². The molecule has 144 valence electrons. The Morgan fingerprint density at radius 3 is 1.46 bits per heavy atom. The summed E-state index contributed by atoms with van der Waals surface area (Å²) < 4.78 is 10.8. The lowest BCUT2D eigenvalue weighted by Gasteiger charge is -2.56. The molecule has 0 aliphatic heterocycles. The first kappa shape index (κ1) is 18.4. The molecule has 0 unspecified atom stereocenters. The fourth-order valence-electron chi connectivity index (χ4n) is 8.29. The summed E-state index contributed by atoms with van der Waals surface area (Å²) in [5, 5.41) is 21.9. The van der Waals surface area contributed by atoms with Gasteiger partial charge in [0.15, 0.2) is 0 Å². The number of carbonyl (C=O) groups is 2.